The molecule has 0 aromatic heterocycles. The van der Waals surface area contributed by atoms with E-state index in [9.17, 15) is 26.0 Å². The van der Waals surface area contributed by atoms with Gasteiger partial charge in [-0.25, -0.2) is 12.8 Å². The van der Waals surface area contributed by atoms with Crippen molar-refractivity contribution in [1.29, 1.82) is 0 Å². The fourth-order valence-electron chi connectivity index (χ4n) is 1.53. The molecule has 0 aliphatic heterocycles. The zero-order valence-corrected chi connectivity index (χ0v) is 12.4. The highest BCUT2D eigenvalue weighted by Crippen LogP contribution is 2.34. The van der Waals surface area contributed by atoms with Crippen LogP contribution in [0.5, 0.6) is 0 Å². The summed E-state index contributed by atoms with van der Waals surface area (Å²) < 4.78 is 73.7. The van der Waals surface area contributed by atoms with E-state index in [1.165, 1.54) is 0 Å². The van der Waals surface area contributed by atoms with Crippen LogP contribution in [0.25, 0.3) is 0 Å². The van der Waals surface area contributed by atoms with Gasteiger partial charge in [0.05, 0.1) is 5.69 Å². The van der Waals surface area contributed by atoms with Gasteiger partial charge in [0.15, 0.2) is 0 Å². The van der Waals surface area contributed by atoms with Crippen molar-refractivity contribution in [3.05, 3.63) is 24.0 Å². The molecular formula is C12H16F4N2O2S. The van der Waals surface area contributed by atoms with Gasteiger partial charge in [0.2, 0.25) is 0 Å². The zero-order chi connectivity index (χ0) is 16.3. The molecule has 0 fully saturated rings. The summed E-state index contributed by atoms with van der Waals surface area (Å²) in [6, 6.07) is 2.26. The van der Waals surface area contributed by atoms with E-state index in [1.54, 1.807) is 7.05 Å². The second-order valence-electron chi connectivity index (χ2n) is 4.41. The average molecular weight is 328 g/mol. The van der Waals surface area contributed by atoms with Crippen LogP contribution in [-0.4, -0.2) is 45.5 Å². The van der Waals surface area contributed by atoms with Crippen molar-refractivity contribution in [2.24, 2.45) is 0 Å². The number of sulfone groups is 1. The second kappa shape index (κ2) is 6.61. The van der Waals surface area contributed by atoms with Gasteiger partial charge in [0, 0.05) is 13.1 Å². The standard InChI is InChI=1S/C12H16F4N2O2S/c1-3-18(2)7-6-17-10-5-4-9(13)8-11(10)21(19,20)12(14,15)16/h4-5,8,17H,3,6-7H2,1-2H3. The van der Waals surface area contributed by atoms with Gasteiger partial charge in [-0.15, -0.1) is 0 Å². The van der Waals surface area contributed by atoms with Crippen LogP contribution in [0.1, 0.15) is 6.92 Å². The summed E-state index contributed by atoms with van der Waals surface area (Å²) in [5.74, 6) is -1.05. The van der Waals surface area contributed by atoms with Crippen molar-refractivity contribution in [2.45, 2.75) is 17.3 Å². The molecule has 1 aromatic rings. The maximum atomic E-state index is 13.1. The summed E-state index contributed by atoms with van der Waals surface area (Å²) in [6.07, 6.45) is 0. The third-order valence-electron chi connectivity index (χ3n) is 2.89. The first-order valence-corrected chi connectivity index (χ1v) is 7.61. The molecule has 4 nitrogen and oxygen atoms in total. The molecule has 120 valence electrons. The largest absolute Gasteiger partial charge is 0.501 e. The molecule has 0 unspecified atom stereocenters. The Morgan fingerprint density at radius 1 is 1.29 bits per heavy atom. The lowest BCUT2D eigenvalue weighted by Gasteiger charge is -2.17. The molecule has 21 heavy (non-hydrogen) atoms. The van der Waals surface area contributed by atoms with Gasteiger partial charge in [-0.1, -0.05) is 6.92 Å². The lowest BCUT2D eigenvalue weighted by Crippen LogP contribution is -2.27. The molecule has 0 aliphatic rings. The van der Waals surface area contributed by atoms with Gasteiger partial charge in [-0.05, 0) is 31.8 Å². The van der Waals surface area contributed by atoms with Crippen molar-refractivity contribution in [1.82, 2.24) is 4.90 Å². The lowest BCUT2D eigenvalue weighted by molar-refractivity contribution is -0.0435. The fraction of sp³-hybridized carbons (Fsp3) is 0.500. The Kier molecular flexibility index (Phi) is 5.57. The number of hydrogen-bond donors (Lipinski definition) is 1. The van der Waals surface area contributed by atoms with E-state index in [-0.39, 0.29) is 12.2 Å². The van der Waals surface area contributed by atoms with E-state index in [0.29, 0.717) is 12.6 Å². The first-order valence-electron chi connectivity index (χ1n) is 6.13. The molecule has 0 bridgehead atoms. The van der Waals surface area contributed by atoms with Crippen molar-refractivity contribution in [3.63, 3.8) is 0 Å². The molecule has 1 N–H and O–H groups in total. The number of nitrogens with zero attached hydrogens (tertiary/aromatic N) is 1. The summed E-state index contributed by atoms with van der Waals surface area (Å²) >= 11 is 0. The summed E-state index contributed by atoms with van der Waals surface area (Å²) in [4.78, 5) is 0.781. The number of hydrogen-bond acceptors (Lipinski definition) is 4. The number of anilines is 1. The molecule has 0 atom stereocenters. The van der Waals surface area contributed by atoms with Gasteiger partial charge >= 0.3 is 5.51 Å². The molecule has 0 heterocycles. The fourth-order valence-corrected chi connectivity index (χ4v) is 2.48. The lowest BCUT2D eigenvalue weighted by atomic mass is 10.3. The minimum atomic E-state index is -5.60. The van der Waals surface area contributed by atoms with Crippen molar-refractivity contribution < 1.29 is 26.0 Å². The molecule has 0 radical (unpaired) electrons. The molecule has 0 saturated carbocycles. The molecule has 1 aromatic carbocycles. The van der Waals surface area contributed by atoms with Crippen molar-refractivity contribution >= 4 is 15.5 Å². The Labute approximate surface area is 120 Å². The normalized spacial score (nSPS) is 12.7. The third kappa shape index (κ3) is 4.31. The average Bonchev–Trinajstić information content (AvgIpc) is 2.38. The first-order chi connectivity index (χ1) is 9.59. The Morgan fingerprint density at radius 2 is 1.90 bits per heavy atom. The minimum absolute atomic E-state index is 0.232. The van der Waals surface area contributed by atoms with Gasteiger partial charge in [-0.3, -0.25) is 0 Å². The second-order valence-corrected chi connectivity index (χ2v) is 6.32. The third-order valence-corrected chi connectivity index (χ3v) is 4.41. The Morgan fingerprint density at radius 3 is 2.43 bits per heavy atom. The van der Waals surface area contributed by atoms with E-state index < -0.39 is 26.1 Å². The summed E-state index contributed by atoms with van der Waals surface area (Å²) in [7, 11) is -3.80. The smallest absolute Gasteiger partial charge is 0.383 e. The van der Waals surface area contributed by atoms with Gasteiger partial charge in [0.1, 0.15) is 10.7 Å². The predicted molar refractivity (Wildman–Crippen MR) is 71.3 cm³/mol. The number of likely N-dealkylation sites (N-methyl/N-ethyl adjacent to an activating group) is 1. The Bertz CT molecular complexity index is 587. The van der Waals surface area contributed by atoms with Crippen LogP contribution in [0.2, 0.25) is 0 Å². The topological polar surface area (TPSA) is 49.4 Å². The van der Waals surface area contributed by atoms with E-state index in [2.05, 4.69) is 5.32 Å². The van der Waals surface area contributed by atoms with Crippen LogP contribution in [-0.2, 0) is 9.84 Å². The van der Waals surface area contributed by atoms with Crippen molar-refractivity contribution in [3.8, 4) is 0 Å². The zero-order valence-electron chi connectivity index (χ0n) is 11.5. The number of nitrogens with one attached hydrogen (secondary N) is 1. The number of benzene rings is 1. The monoisotopic (exact) mass is 328 g/mol. The quantitative estimate of drug-likeness (QED) is 0.815. The van der Waals surface area contributed by atoms with E-state index in [1.807, 2.05) is 11.8 Å². The van der Waals surface area contributed by atoms with Gasteiger partial charge in [-0.2, -0.15) is 13.2 Å². The first kappa shape index (κ1) is 17.7. The summed E-state index contributed by atoms with van der Waals surface area (Å²) in [5.41, 5.74) is -5.74. The number of alkyl halides is 3. The van der Waals surface area contributed by atoms with Gasteiger partial charge < -0.3 is 10.2 Å². The highest BCUT2D eigenvalue weighted by molar-refractivity contribution is 7.92. The molecule has 0 saturated heterocycles. The summed E-state index contributed by atoms with van der Waals surface area (Å²) in [5, 5.41) is 2.60. The molecule has 1 rings (SSSR count). The van der Waals surface area contributed by atoms with Crippen LogP contribution in [0, 0.1) is 5.82 Å². The highest BCUT2D eigenvalue weighted by Gasteiger charge is 2.48. The number of halogens is 4. The maximum Gasteiger partial charge on any atom is 0.501 e. The maximum absolute atomic E-state index is 13.1. The van der Waals surface area contributed by atoms with E-state index >= 15 is 0 Å². The van der Waals surface area contributed by atoms with Crippen LogP contribution in [0.3, 0.4) is 0 Å². The van der Waals surface area contributed by atoms with E-state index in [4.69, 9.17) is 0 Å². The van der Waals surface area contributed by atoms with Gasteiger partial charge in [0.25, 0.3) is 9.84 Å². The molecule has 0 amide bonds. The van der Waals surface area contributed by atoms with E-state index in [0.717, 1.165) is 18.7 Å². The van der Waals surface area contributed by atoms with Crippen LogP contribution < -0.4 is 5.32 Å². The SMILES string of the molecule is CCN(C)CCNc1ccc(F)cc1S(=O)(=O)C(F)(F)F. The van der Waals surface area contributed by atoms with Crippen molar-refractivity contribution in [2.75, 3.05) is 32.0 Å². The molecule has 0 aliphatic carbocycles. The minimum Gasteiger partial charge on any atom is -0.383 e. The highest BCUT2D eigenvalue weighted by atomic mass is 32.2. The number of rotatable bonds is 6. The predicted octanol–water partition coefficient (Wildman–Crippen LogP) is 2.48. The molecule has 9 heteroatoms. The van der Waals surface area contributed by atoms with Crippen LogP contribution in [0.4, 0.5) is 23.2 Å². The van der Waals surface area contributed by atoms with Crippen LogP contribution in [0.15, 0.2) is 23.1 Å². The molecule has 0 spiro atoms. The molecular weight excluding hydrogens is 312 g/mol. The summed E-state index contributed by atoms with van der Waals surface area (Å²) in [6.45, 7) is 3.37. The van der Waals surface area contributed by atoms with Crippen LogP contribution >= 0.6 is 0 Å². The Balaban J connectivity index is 3.07. The Hall–Kier alpha value is -1.35.